The lowest BCUT2D eigenvalue weighted by atomic mass is 9.87. The van der Waals surface area contributed by atoms with Crippen molar-refractivity contribution in [3.63, 3.8) is 0 Å². The van der Waals surface area contributed by atoms with Gasteiger partial charge in [-0.1, -0.05) is 33.8 Å². The highest BCUT2D eigenvalue weighted by Gasteiger charge is 2.15. The number of ether oxygens (including phenoxy) is 1. The van der Waals surface area contributed by atoms with Crippen LogP contribution < -0.4 is 4.74 Å². The molecule has 0 radical (unpaired) electrons. The Morgan fingerprint density at radius 3 is 1.89 bits per heavy atom. The first-order chi connectivity index (χ1) is 8.09. The van der Waals surface area contributed by atoms with E-state index in [9.17, 15) is 0 Å². The third-order valence-electron chi connectivity index (χ3n) is 2.59. The van der Waals surface area contributed by atoms with E-state index >= 15 is 0 Å². The number of hydrogen-bond donors (Lipinski definition) is 0. The molecule has 1 aromatic carbocycles. The molecule has 0 aliphatic rings. The molecule has 0 bridgehead atoms. The van der Waals surface area contributed by atoms with Crippen LogP contribution in [0.4, 0.5) is 0 Å². The molecule has 1 nitrogen and oxygen atoms in total. The molecular formula is C17H28O. The van der Waals surface area contributed by atoms with Crippen LogP contribution in [0.15, 0.2) is 18.2 Å². The van der Waals surface area contributed by atoms with Crippen molar-refractivity contribution in [3.8, 4) is 5.75 Å². The summed E-state index contributed by atoms with van der Waals surface area (Å²) in [5.74, 6) is 1.00. The van der Waals surface area contributed by atoms with Crippen LogP contribution in [0.25, 0.3) is 0 Å². The summed E-state index contributed by atoms with van der Waals surface area (Å²) in [5.41, 5.74) is 2.91. The van der Waals surface area contributed by atoms with Crippen molar-refractivity contribution in [2.75, 3.05) is 0 Å². The van der Waals surface area contributed by atoms with Crippen molar-refractivity contribution in [1.29, 1.82) is 0 Å². The maximum Gasteiger partial charge on any atom is 0.120 e. The Bertz CT molecular complexity index is 357. The molecule has 0 aliphatic heterocycles. The van der Waals surface area contributed by atoms with Gasteiger partial charge in [-0.05, 0) is 62.3 Å². The van der Waals surface area contributed by atoms with E-state index in [1.54, 1.807) is 0 Å². The quantitative estimate of drug-likeness (QED) is 0.730. The highest BCUT2D eigenvalue weighted by molar-refractivity contribution is 5.35. The molecule has 0 saturated carbocycles. The summed E-state index contributed by atoms with van der Waals surface area (Å²) >= 11 is 0. The Morgan fingerprint density at radius 1 is 0.889 bits per heavy atom. The molecule has 0 spiro atoms. The zero-order valence-electron chi connectivity index (χ0n) is 13.1. The van der Waals surface area contributed by atoms with Crippen LogP contribution in [-0.2, 0) is 12.8 Å². The summed E-state index contributed by atoms with van der Waals surface area (Å²) in [4.78, 5) is 0. The highest BCUT2D eigenvalue weighted by Crippen LogP contribution is 2.27. The molecule has 0 atom stereocenters. The molecular weight excluding hydrogens is 220 g/mol. The average Bonchev–Trinajstić information content (AvgIpc) is 2.11. The second-order valence-corrected chi connectivity index (χ2v) is 7.29. The van der Waals surface area contributed by atoms with Crippen LogP contribution in [0.2, 0.25) is 0 Å². The van der Waals surface area contributed by atoms with E-state index in [1.165, 1.54) is 11.1 Å². The molecule has 0 fully saturated rings. The Kier molecular flexibility index (Phi) is 4.47. The number of benzene rings is 1. The van der Waals surface area contributed by atoms with Gasteiger partial charge in [0.25, 0.3) is 0 Å². The predicted molar refractivity (Wildman–Crippen MR) is 79.4 cm³/mol. The van der Waals surface area contributed by atoms with Gasteiger partial charge in [0.15, 0.2) is 0 Å². The van der Waals surface area contributed by atoms with Crippen molar-refractivity contribution in [3.05, 3.63) is 29.3 Å². The third-order valence-corrected chi connectivity index (χ3v) is 2.59. The van der Waals surface area contributed by atoms with Gasteiger partial charge in [-0.25, -0.2) is 0 Å². The predicted octanol–water partition coefficient (Wildman–Crippen LogP) is 5.01. The van der Waals surface area contributed by atoms with Crippen molar-refractivity contribution in [2.45, 2.75) is 66.9 Å². The topological polar surface area (TPSA) is 9.23 Å². The number of aryl methyl sites for hydroxylation is 1. The Morgan fingerprint density at radius 2 is 1.44 bits per heavy atom. The minimum absolute atomic E-state index is 0.134. The van der Waals surface area contributed by atoms with Gasteiger partial charge in [0.1, 0.15) is 11.4 Å². The molecule has 1 heteroatoms. The maximum absolute atomic E-state index is 6.00. The van der Waals surface area contributed by atoms with Gasteiger partial charge in [-0.2, -0.15) is 0 Å². The van der Waals surface area contributed by atoms with E-state index in [0.29, 0.717) is 5.41 Å². The van der Waals surface area contributed by atoms with Gasteiger partial charge < -0.3 is 4.74 Å². The fourth-order valence-electron chi connectivity index (χ4n) is 2.06. The molecule has 0 heterocycles. The largest absolute Gasteiger partial charge is 0.488 e. The van der Waals surface area contributed by atoms with E-state index in [1.807, 2.05) is 0 Å². The molecule has 0 aromatic heterocycles. The first-order valence-corrected chi connectivity index (χ1v) is 6.91. The lowest BCUT2D eigenvalue weighted by molar-refractivity contribution is 0.130. The van der Waals surface area contributed by atoms with E-state index < -0.39 is 0 Å². The van der Waals surface area contributed by atoms with Crippen LogP contribution in [0.3, 0.4) is 0 Å². The monoisotopic (exact) mass is 248 g/mol. The summed E-state index contributed by atoms with van der Waals surface area (Å²) in [6, 6.07) is 6.66. The van der Waals surface area contributed by atoms with Crippen molar-refractivity contribution < 1.29 is 4.74 Å². The molecule has 0 unspecified atom stereocenters. The van der Waals surface area contributed by atoms with Gasteiger partial charge >= 0.3 is 0 Å². The Balaban J connectivity index is 3.02. The second-order valence-electron chi connectivity index (χ2n) is 7.29. The van der Waals surface area contributed by atoms with Crippen LogP contribution in [0.5, 0.6) is 5.75 Å². The Hall–Kier alpha value is -0.980. The molecule has 0 saturated heterocycles. The zero-order chi connectivity index (χ0) is 14.0. The van der Waals surface area contributed by atoms with E-state index in [4.69, 9.17) is 4.74 Å². The Labute approximate surface area is 113 Å². The fourth-order valence-corrected chi connectivity index (χ4v) is 2.06. The SMILES string of the molecule is CCc1cc(CC(C)(C)C)cc(OC(C)(C)C)c1. The second kappa shape index (κ2) is 5.34. The molecule has 0 aliphatic carbocycles. The summed E-state index contributed by atoms with van der Waals surface area (Å²) in [7, 11) is 0. The van der Waals surface area contributed by atoms with E-state index in [-0.39, 0.29) is 5.60 Å². The molecule has 0 N–H and O–H groups in total. The van der Waals surface area contributed by atoms with Gasteiger partial charge in [0, 0.05) is 0 Å². The van der Waals surface area contributed by atoms with Gasteiger partial charge in [0.2, 0.25) is 0 Å². The van der Waals surface area contributed by atoms with Gasteiger partial charge in [-0.3, -0.25) is 0 Å². The maximum atomic E-state index is 6.00. The van der Waals surface area contributed by atoms with Crippen molar-refractivity contribution in [1.82, 2.24) is 0 Å². The summed E-state index contributed by atoms with van der Waals surface area (Å²) in [5, 5.41) is 0. The van der Waals surface area contributed by atoms with Crippen LogP contribution >= 0.6 is 0 Å². The lowest BCUT2D eigenvalue weighted by Gasteiger charge is -2.24. The summed E-state index contributed by atoms with van der Waals surface area (Å²) in [6.07, 6.45) is 2.14. The first kappa shape index (κ1) is 15.1. The van der Waals surface area contributed by atoms with Crippen LogP contribution in [-0.4, -0.2) is 5.60 Å². The molecule has 1 rings (SSSR count). The van der Waals surface area contributed by atoms with E-state index in [0.717, 1.165) is 18.6 Å². The normalized spacial score (nSPS) is 12.6. The zero-order valence-corrected chi connectivity index (χ0v) is 13.1. The fraction of sp³-hybridized carbons (Fsp3) is 0.647. The summed E-state index contributed by atoms with van der Waals surface area (Å²) in [6.45, 7) is 15.3. The minimum atomic E-state index is -0.134. The standard InChI is InChI=1S/C17H28O/c1-8-13-9-14(12-16(2,3)4)11-15(10-13)18-17(5,6)7/h9-11H,8,12H2,1-7H3. The number of hydrogen-bond acceptors (Lipinski definition) is 1. The minimum Gasteiger partial charge on any atom is -0.488 e. The number of rotatable bonds is 3. The third kappa shape index (κ3) is 5.57. The molecule has 102 valence electrons. The van der Waals surface area contributed by atoms with Crippen LogP contribution in [0, 0.1) is 5.41 Å². The lowest BCUT2D eigenvalue weighted by Crippen LogP contribution is -2.23. The smallest absolute Gasteiger partial charge is 0.120 e. The van der Waals surface area contributed by atoms with E-state index in [2.05, 4.69) is 66.7 Å². The van der Waals surface area contributed by atoms with Crippen molar-refractivity contribution >= 4 is 0 Å². The van der Waals surface area contributed by atoms with Gasteiger partial charge in [-0.15, -0.1) is 0 Å². The van der Waals surface area contributed by atoms with Crippen molar-refractivity contribution in [2.24, 2.45) is 5.41 Å². The van der Waals surface area contributed by atoms with Crippen LogP contribution in [0.1, 0.15) is 59.6 Å². The highest BCUT2D eigenvalue weighted by atomic mass is 16.5. The molecule has 18 heavy (non-hydrogen) atoms. The van der Waals surface area contributed by atoms with Gasteiger partial charge in [0.05, 0.1) is 0 Å². The first-order valence-electron chi connectivity index (χ1n) is 6.91. The average molecular weight is 248 g/mol. The molecule has 1 aromatic rings. The summed E-state index contributed by atoms with van der Waals surface area (Å²) < 4.78 is 6.00. The molecule has 0 amide bonds.